The van der Waals surface area contributed by atoms with Crippen LogP contribution in [0.2, 0.25) is 0 Å². The van der Waals surface area contributed by atoms with Gasteiger partial charge in [0.25, 0.3) is 0 Å². The lowest BCUT2D eigenvalue weighted by Gasteiger charge is -2.20. The Labute approximate surface area is 129 Å². The second-order valence-corrected chi connectivity index (χ2v) is 8.85. The van der Waals surface area contributed by atoms with Crippen LogP contribution in [0.25, 0.3) is 9.75 Å². The van der Waals surface area contributed by atoms with Crippen LogP contribution < -0.4 is 5.32 Å². The molecule has 3 rings (SSSR count). The van der Waals surface area contributed by atoms with Gasteiger partial charge in [-0.15, -0.1) is 34.4 Å². The number of hydrogen-bond donors (Lipinski definition) is 2. The zero-order valence-corrected chi connectivity index (χ0v) is 13.4. The van der Waals surface area contributed by atoms with Gasteiger partial charge in [-0.3, -0.25) is 10.1 Å². The normalized spacial score (nSPS) is 24.9. The summed E-state index contributed by atoms with van der Waals surface area (Å²) >= 11 is 4.94. The third-order valence-electron chi connectivity index (χ3n) is 3.19. The number of carboxylic acid groups (broad SMARTS) is 1. The van der Waals surface area contributed by atoms with Crippen LogP contribution in [0.1, 0.15) is 24.2 Å². The van der Waals surface area contributed by atoms with E-state index in [1.165, 1.54) is 4.88 Å². The van der Waals surface area contributed by atoms with Crippen LogP contribution >= 0.6 is 34.4 Å². The molecule has 0 radical (unpaired) electrons. The van der Waals surface area contributed by atoms with E-state index < -0.39 is 12.0 Å². The fourth-order valence-electron chi connectivity index (χ4n) is 2.19. The summed E-state index contributed by atoms with van der Waals surface area (Å²) in [5.74, 6) is -0.806. The maximum absolute atomic E-state index is 11.3. The number of aliphatic carboxylic acids is 1. The van der Waals surface area contributed by atoms with Crippen molar-refractivity contribution >= 4 is 40.4 Å². The molecular weight excluding hydrogens is 312 g/mol. The summed E-state index contributed by atoms with van der Waals surface area (Å²) in [4.78, 5) is 18.1. The van der Waals surface area contributed by atoms with E-state index in [2.05, 4.69) is 16.4 Å². The number of hydrogen-bond acceptors (Lipinski definition) is 6. The maximum atomic E-state index is 11.3. The molecule has 1 aliphatic rings. The summed E-state index contributed by atoms with van der Waals surface area (Å²) < 4.78 is -0.342. The number of aromatic nitrogens is 1. The minimum atomic E-state index is -0.806. The molecule has 0 saturated carbocycles. The van der Waals surface area contributed by atoms with Crippen LogP contribution in [-0.2, 0) is 4.79 Å². The molecular formula is C13H14N2O2S3. The number of nitrogens with zero attached hydrogens (tertiary/aromatic N) is 1. The summed E-state index contributed by atoms with van der Waals surface area (Å²) in [5.41, 5.74) is 0. The molecule has 0 bridgehead atoms. The first-order chi connectivity index (χ1) is 9.47. The monoisotopic (exact) mass is 326 g/mol. The Hall–Kier alpha value is -0.890. The number of thiazole rings is 1. The molecule has 4 nitrogen and oxygen atoms in total. The summed E-state index contributed by atoms with van der Waals surface area (Å²) in [5, 5.41) is 15.4. The Kier molecular flexibility index (Phi) is 3.62. The highest BCUT2D eigenvalue weighted by Gasteiger charge is 2.46. The minimum absolute atomic E-state index is 0.0511. The Bertz CT molecular complexity index is 621. The van der Waals surface area contributed by atoms with Crippen LogP contribution in [0.5, 0.6) is 0 Å². The van der Waals surface area contributed by atoms with Crippen molar-refractivity contribution in [1.29, 1.82) is 0 Å². The van der Waals surface area contributed by atoms with Crippen molar-refractivity contribution in [3.63, 3.8) is 0 Å². The first-order valence-corrected chi connectivity index (χ1v) is 8.71. The van der Waals surface area contributed by atoms with Crippen molar-refractivity contribution in [3.8, 4) is 9.75 Å². The second kappa shape index (κ2) is 5.14. The second-order valence-electron chi connectivity index (χ2n) is 5.08. The van der Waals surface area contributed by atoms with Crippen molar-refractivity contribution in [2.45, 2.75) is 30.0 Å². The molecule has 2 N–H and O–H groups in total. The number of thiophene rings is 1. The van der Waals surface area contributed by atoms with Crippen LogP contribution in [0, 0.1) is 0 Å². The van der Waals surface area contributed by atoms with Crippen LogP contribution in [0.3, 0.4) is 0 Å². The molecule has 7 heteroatoms. The van der Waals surface area contributed by atoms with Crippen molar-refractivity contribution in [2.24, 2.45) is 0 Å². The van der Waals surface area contributed by atoms with Crippen LogP contribution in [-0.4, -0.2) is 26.8 Å². The van der Waals surface area contributed by atoms with E-state index in [-0.39, 0.29) is 10.1 Å². The summed E-state index contributed by atoms with van der Waals surface area (Å²) in [6.45, 7) is 3.91. The predicted octanol–water partition coefficient (Wildman–Crippen LogP) is 3.44. The Morgan fingerprint density at radius 3 is 2.85 bits per heavy atom. The predicted molar refractivity (Wildman–Crippen MR) is 84.4 cm³/mol. The fraction of sp³-hybridized carbons (Fsp3) is 0.385. The number of thioether (sulfide) groups is 1. The molecule has 20 heavy (non-hydrogen) atoms. The smallest absolute Gasteiger partial charge is 0.322 e. The number of rotatable bonds is 3. The Morgan fingerprint density at radius 1 is 1.45 bits per heavy atom. The SMILES string of the molecule is CC1(C)SC(c2ncc(-c3cccs3)s2)NC1C(=O)O. The van der Waals surface area contributed by atoms with E-state index >= 15 is 0 Å². The van der Waals surface area contributed by atoms with Gasteiger partial charge in [0.05, 0.1) is 4.88 Å². The largest absolute Gasteiger partial charge is 0.480 e. The molecule has 2 unspecified atom stereocenters. The molecule has 3 heterocycles. The number of carbonyl (C=O) groups is 1. The molecule has 2 atom stereocenters. The topological polar surface area (TPSA) is 62.2 Å². The van der Waals surface area contributed by atoms with E-state index in [9.17, 15) is 9.90 Å². The zero-order valence-electron chi connectivity index (χ0n) is 11.0. The average Bonchev–Trinajstić information content (AvgIpc) is 3.04. The van der Waals surface area contributed by atoms with Gasteiger partial charge in [0, 0.05) is 15.8 Å². The summed E-state index contributed by atoms with van der Waals surface area (Å²) in [6, 6.07) is 3.54. The molecule has 2 aromatic rings. The highest BCUT2D eigenvalue weighted by Crippen LogP contribution is 2.47. The molecule has 106 valence electrons. The van der Waals surface area contributed by atoms with E-state index in [1.807, 2.05) is 31.5 Å². The van der Waals surface area contributed by atoms with E-state index in [1.54, 1.807) is 34.4 Å². The summed E-state index contributed by atoms with van der Waals surface area (Å²) in [6.07, 6.45) is 1.87. The molecule has 0 spiro atoms. The molecule has 0 aromatic carbocycles. The first-order valence-electron chi connectivity index (χ1n) is 6.13. The van der Waals surface area contributed by atoms with Gasteiger partial charge in [-0.2, -0.15) is 0 Å². The third-order valence-corrected chi connectivity index (χ3v) is 6.91. The molecule has 0 amide bonds. The molecule has 1 aliphatic heterocycles. The minimum Gasteiger partial charge on any atom is -0.480 e. The molecule has 1 fully saturated rings. The van der Waals surface area contributed by atoms with Gasteiger partial charge in [0.1, 0.15) is 16.4 Å². The standard InChI is InChI=1S/C13H14N2O2S3/c1-13(2)9(12(16)17)15-11(20-13)10-14-6-8(19-10)7-4-3-5-18-7/h3-6,9,11,15H,1-2H3,(H,16,17). The van der Waals surface area contributed by atoms with E-state index in [4.69, 9.17) is 0 Å². The third kappa shape index (κ3) is 2.50. The fourth-order valence-corrected chi connectivity index (χ4v) is 5.44. The van der Waals surface area contributed by atoms with E-state index in [0.717, 1.165) is 9.88 Å². The highest BCUT2D eigenvalue weighted by molar-refractivity contribution is 8.01. The lowest BCUT2D eigenvalue weighted by molar-refractivity contribution is -0.139. The van der Waals surface area contributed by atoms with Gasteiger partial charge in [0.2, 0.25) is 0 Å². The lowest BCUT2D eigenvalue weighted by Crippen LogP contribution is -2.43. The van der Waals surface area contributed by atoms with Gasteiger partial charge in [0.15, 0.2) is 0 Å². The Balaban J connectivity index is 1.83. The number of carboxylic acids is 1. The van der Waals surface area contributed by atoms with E-state index in [0.29, 0.717) is 0 Å². The zero-order chi connectivity index (χ0) is 14.3. The van der Waals surface area contributed by atoms with Gasteiger partial charge < -0.3 is 5.11 Å². The molecule has 2 aromatic heterocycles. The van der Waals surface area contributed by atoms with Crippen molar-refractivity contribution in [3.05, 3.63) is 28.7 Å². The van der Waals surface area contributed by atoms with Gasteiger partial charge >= 0.3 is 5.97 Å². The highest BCUT2D eigenvalue weighted by atomic mass is 32.2. The molecule has 1 saturated heterocycles. The van der Waals surface area contributed by atoms with Crippen LogP contribution in [0.4, 0.5) is 0 Å². The maximum Gasteiger partial charge on any atom is 0.322 e. The van der Waals surface area contributed by atoms with Gasteiger partial charge in [-0.05, 0) is 25.3 Å². The average molecular weight is 326 g/mol. The molecule has 0 aliphatic carbocycles. The van der Waals surface area contributed by atoms with Crippen LogP contribution in [0.15, 0.2) is 23.7 Å². The lowest BCUT2D eigenvalue weighted by atomic mass is 10.0. The van der Waals surface area contributed by atoms with Crippen molar-refractivity contribution in [1.82, 2.24) is 10.3 Å². The number of nitrogens with one attached hydrogen (secondary N) is 1. The van der Waals surface area contributed by atoms with Crippen molar-refractivity contribution < 1.29 is 9.90 Å². The summed E-state index contributed by atoms with van der Waals surface area (Å²) in [7, 11) is 0. The van der Waals surface area contributed by atoms with Gasteiger partial charge in [-0.1, -0.05) is 6.07 Å². The quantitative estimate of drug-likeness (QED) is 0.905. The van der Waals surface area contributed by atoms with Crippen molar-refractivity contribution in [2.75, 3.05) is 0 Å². The van der Waals surface area contributed by atoms with Gasteiger partial charge in [-0.25, -0.2) is 4.98 Å². The Morgan fingerprint density at radius 2 is 2.25 bits per heavy atom. The first kappa shape index (κ1) is 14.1.